The highest BCUT2D eigenvalue weighted by Crippen LogP contribution is 2.15. The summed E-state index contributed by atoms with van der Waals surface area (Å²) in [6.45, 7) is 5.05. The van der Waals surface area contributed by atoms with Crippen LogP contribution in [-0.4, -0.2) is 24.5 Å². The third kappa shape index (κ3) is 4.99. The van der Waals surface area contributed by atoms with Crippen molar-refractivity contribution in [3.63, 3.8) is 0 Å². The molecule has 4 nitrogen and oxygen atoms in total. The van der Waals surface area contributed by atoms with Crippen LogP contribution in [0.4, 0.5) is 8.78 Å². The highest BCUT2D eigenvalue weighted by atomic mass is 32.1. The van der Waals surface area contributed by atoms with Gasteiger partial charge in [0, 0.05) is 18.5 Å². The van der Waals surface area contributed by atoms with Gasteiger partial charge >= 0.3 is 0 Å². The summed E-state index contributed by atoms with van der Waals surface area (Å²) in [4.78, 5) is 9.75. The van der Waals surface area contributed by atoms with Crippen LogP contribution >= 0.6 is 11.3 Å². The molecule has 0 amide bonds. The van der Waals surface area contributed by atoms with Gasteiger partial charge < -0.3 is 10.6 Å². The maximum atomic E-state index is 13.5. The van der Waals surface area contributed by atoms with Crippen molar-refractivity contribution in [2.45, 2.75) is 26.8 Å². The number of aryl methyl sites for hydroxylation is 2. The molecule has 23 heavy (non-hydrogen) atoms. The molecule has 0 unspecified atom stereocenters. The first-order valence-electron chi connectivity index (χ1n) is 7.31. The Hall–Kier alpha value is -2.02. The predicted octanol–water partition coefficient (Wildman–Crippen LogP) is 2.95. The Bertz CT molecular complexity index is 678. The molecule has 124 valence electrons. The molecule has 0 aliphatic rings. The summed E-state index contributed by atoms with van der Waals surface area (Å²) in [6.07, 6.45) is 0.375. The van der Waals surface area contributed by atoms with Gasteiger partial charge in [-0.15, -0.1) is 11.3 Å². The summed E-state index contributed by atoms with van der Waals surface area (Å²) in [6, 6.07) is 3.48. The van der Waals surface area contributed by atoms with Gasteiger partial charge in [-0.3, -0.25) is 4.99 Å². The lowest BCUT2D eigenvalue weighted by molar-refractivity contribution is 0.583. The third-order valence-electron chi connectivity index (χ3n) is 3.40. The van der Waals surface area contributed by atoms with Crippen LogP contribution in [0.2, 0.25) is 0 Å². The second-order valence-electron chi connectivity index (χ2n) is 5.09. The van der Waals surface area contributed by atoms with E-state index in [1.165, 1.54) is 10.9 Å². The zero-order valence-electron chi connectivity index (χ0n) is 13.4. The minimum atomic E-state index is -0.432. The summed E-state index contributed by atoms with van der Waals surface area (Å²) in [5.41, 5.74) is 1.38. The average molecular weight is 338 g/mol. The van der Waals surface area contributed by atoms with E-state index in [2.05, 4.69) is 20.6 Å². The summed E-state index contributed by atoms with van der Waals surface area (Å²) in [7, 11) is 1.66. The fourth-order valence-corrected chi connectivity index (χ4v) is 2.92. The van der Waals surface area contributed by atoms with Crippen LogP contribution in [-0.2, 0) is 13.0 Å². The molecule has 0 aliphatic carbocycles. The first-order valence-corrected chi connectivity index (χ1v) is 8.12. The van der Waals surface area contributed by atoms with Crippen LogP contribution in [0, 0.1) is 25.5 Å². The summed E-state index contributed by atoms with van der Waals surface area (Å²) in [5.74, 6) is -0.226. The molecule has 2 rings (SSSR count). The second kappa shape index (κ2) is 8.01. The number of hydrogen-bond acceptors (Lipinski definition) is 3. The number of halogens is 2. The highest BCUT2D eigenvalue weighted by Gasteiger charge is 2.06. The fraction of sp³-hybridized carbons (Fsp3) is 0.375. The maximum absolute atomic E-state index is 13.5. The molecule has 0 saturated heterocycles. The van der Waals surface area contributed by atoms with E-state index < -0.39 is 11.6 Å². The van der Waals surface area contributed by atoms with Gasteiger partial charge in [-0.1, -0.05) is 0 Å². The van der Waals surface area contributed by atoms with Crippen LogP contribution in [0.3, 0.4) is 0 Å². The van der Waals surface area contributed by atoms with Crippen molar-refractivity contribution >= 4 is 17.3 Å². The van der Waals surface area contributed by atoms with E-state index >= 15 is 0 Å². The monoisotopic (exact) mass is 338 g/mol. The third-order valence-corrected chi connectivity index (χ3v) is 4.47. The molecule has 0 radical (unpaired) electrons. The highest BCUT2D eigenvalue weighted by molar-refractivity contribution is 7.11. The molecule has 0 aliphatic heterocycles. The van der Waals surface area contributed by atoms with Crippen molar-refractivity contribution in [1.82, 2.24) is 15.6 Å². The number of benzene rings is 1. The Balaban J connectivity index is 1.82. The molecule has 1 heterocycles. The van der Waals surface area contributed by atoms with Gasteiger partial charge in [0.15, 0.2) is 5.96 Å². The van der Waals surface area contributed by atoms with Crippen LogP contribution in [0.1, 0.15) is 21.1 Å². The van der Waals surface area contributed by atoms with Gasteiger partial charge in [0.1, 0.15) is 16.6 Å². The zero-order valence-corrected chi connectivity index (χ0v) is 14.2. The van der Waals surface area contributed by atoms with Gasteiger partial charge in [0.2, 0.25) is 0 Å². The average Bonchev–Trinajstić information content (AvgIpc) is 2.84. The Morgan fingerprint density at radius 3 is 2.70 bits per heavy atom. The number of aromatic nitrogens is 1. The van der Waals surface area contributed by atoms with E-state index in [4.69, 9.17) is 0 Å². The quantitative estimate of drug-likeness (QED) is 0.651. The van der Waals surface area contributed by atoms with Gasteiger partial charge in [-0.05, 0) is 44.0 Å². The van der Waals surface area contributed by atoms with Gasteiger partial charge in [-0.25, -0.2) is 13.8 Å². The minimum absolute atomic E-state index is 0.346. The summed E-state index contributed by atoms with van der Waals surface area (Å²) < 4.78 is 26.7. The van der Waals surface area contributed by atoms with Gasteiger partial charge in [0.05, 0.1) is 12.2 Å². The molecule has 2 aromatic rings. The maximum Gasteiger partial charge on any atom is 0.191 e. The lowest BCUT2D eigenvalue weighted by Crippen LogP contribution is -2.37. The summed E-state index contributed by atoms with van der Waals surface area (Å²) >= 11 is 1.64. The van der Waals surface area contributed by atoms with Crippen molar-refractivity contribution in [1.29, 1.82) is 0 Å². The fourth-order valence-electron chi connectivity index (χ4n) is 2.05. The molecule has 0 fully saturated rings. The van der Waals surface area contributed by atoms with Crippen LogP contribution in [0.5, 0.6) is 0 Å². The van der Waals surface area contributed by atoms with Crippen molar-refractivity contribution < 1.29 is 8.78 Å². The number of aliphatic imine (C=N–C) groups is 1. The first-order chi connectivity index (χ1) is 11.0. The largest absolute Gasteiger partial charge is 0.356 e. The van der Waals surface area contributed by atoms with Crippen molar-refractivity contribution in [3.8, 4) is 0 Å². The lowest BCUT2D eigenvalue weighted by atomic mass is 10.1. The van der Waals surface area contributed by atoms with E-state index in [-0.39, 0.29) is 0 Å². The molecule has 0 spiro atoms. The Labute approximate surface area is 138 Å². The van der Waals surface area contributed by atoms with Crippen molar-refractivity contribution in [3.05, 3.63) is 51.0 Å². The second-order valence-corrected chi connectivity index (χ2v) is 6.38. The summed E-state index contributed by atoms with van der Waals surface area (Å²) in [5, 5.41) is 7.23. The molecule has 7 heteroatoms. The Morgan fingerprint density at radius 1 is 1.26 bits per heavy atom. The van der Waals surface area contributed by atoms with Crippen molar-refractivity contribution in [2.75, 3.05) is 13.6 Å². The van der Waals surface area contributed by atoms with E-state index in [1.807, 2.05) is 13.8 Å². The number of rotatable bonds is 5. The van der Waals surface area contributed by atoms with Crippen LogP contribution in [0.15, 0.2) is 23.2 Å². The molecule has 0 atom stereocenters. The number of guanidine groups is 1. The predicted molar refractivity (Wildman–Crippen MR) is 89.9 cm³/mol. The number of thiazole rings is 1. The Kier molecular flexibility index (Phi) is 6.04. The molecule has 0 saturated carbocycles. The lowest BCUT2D eigenvalue weighted by Gasteiger charge is -2.11. The zero-order chi connectivity index (χ0) is 16.8. The SMILES string of the molecule is CN=C(NCCc1cc(F)ccc1F)NCc1nc(C)c(C)s1. The minimum Gasteiger partial charge on any atom is -0.356 e. The van der Waals surface area contributed by atoms with Crippen LogP contribution in [0.25, 0.3) is 0 Å². The standard InChI is InChI=1S/C16H20F2N4S/c1-10-11(2)23-15(22-10)9-21-16(19-3)20-7-6-12-8-13(17)4-5-14(12)18/h4-5,8H,6-7,9H2,1-3H3,(H2,19,20,21). The number of nitrogens with one attached hydrogen (secondary N) is 2. The van der Waals surface area contributed by atoms with Gasteiger partial charge in [0.25, 0.3) is 0 Å². The molecular weight excluding hydrogens is 318 g/mol. The van der Waals surface area contributed by atoms with E-state index in [0.29, 0.717) is 31.0 Å². The first kappa shape index (κ1) is 17.3. The number of nitrogens with zero attached hydrogens (tertiary/aromatic N) is 2. The molecular formula is C16H20F2N4S. The molecule has 1 aromatic carbocycles. The van der Waals surface area contributed by atoms with E-state index in [0.717, 1.165) is 22.8 Å². The smallest absolute Gasteiger partial charge is 0.191 e. The van der Waals surface area contributed by atoms with E-state index in [1.54, 1.807) is 18.4 Å². The normalized spacial score (nSPS) is 11.6. The number of hydrogen-bond donors (Lipinski definition) is 2. The molecule has 0 bridgehead atoms. The van der Waals surface area contributed by atoms with Crippen molar-refractivity contribution in [2.24, 2.45) is 4.99 Å². The van der Waals surface area contributed by atoms with Crippen LogP contribution < -0.4 is 10.6 Å². The van der Waals surface area contributed by atoms with E-state index in [9.17, 15) is 8.78 Å². The topological polar surface area (TPSA) is 49.3 Å². The molecule has 2 N–H and O–H groups in total. The van der Waals surface area contributed by atoms with Gasteiger partial charge in [-0.2, -0.15) is 0 Å². The Morgan fingerprint density at radius 2 is 2.04 bits per heavy atom. The molecule has 1 aromatic heterocycles.